The van der Waals surface area contributed by atoms with Crippen LogP contribution in [0.15, 0.2) is 30.4 Å². The summed E-state index contributed by atoms with van der Waals surface area (Å²) in [7, 11) is 0. The SMILES string of the molecule is [2H]c1ccc2[nH]cc(CC(=O)O)c2c1. The number of rotatable bonds is 2. The van der Waals surface area contributed by atoms with Gasteiger partial charge in [-0.25, -0.2) is 0 Å². The molecule has 3 nitrogen and oxygen atoms in total. The fourth-order valence-corrected chi connectivity index (χ4v) is 1.37. The summed E-state index contributed by atoms with van der Waals surface area (Å²) < 4.78 is 7.43. The van der Waals surface area contributed by atoms with Crippen LogP contribution < -0.4 is 0 Å². The summed E-state index contributed by atoms with van der Waals surface area (Å²) in [5, 5.41) is 9.47. The van der Waals surface area contributed by atoms with Crippen molar-refractivity contribution in [2.45, 2.75) is 6.42 Å². The van der Waals surface area contributed by atoms with Crippen LogP contribution in [0, 0.1) is 0 Å². The third-order valence-electron chi connectivity index (χ3n) is 1.95. The van der Waals surface area contributed by atoms with Crippen LogP contribution in [0.4, 0.5) is 0 Å². The molecule has 13 heavy (non-hydrogen) atoms. The molecule has 0 aliphatic rings. The largest absolute Gasteiger partial charge is 0.481 e. The van der Waals surface area contributed by atoms with E-state index in [1.54, 1.807) is 24.4 Å². The van der Waals surface area contributed by atoms with Gasteiger partial charge in [0.05, 0.1) is 7.79 Å². The highest BCUT2D eigenvalue weighted by atomic mass is 16.4. The average Bonchev–Trinajstić information content (AvgIpc) is 2.47. The van der Waals surface area contributed by atoms with Crippen molar-refractivity contribution in [3.63, 3.8) is 0 Å². The molecule has 0 spiro atoms. The van der Waals surface area contributed by atoms with Crippen molar-refractivity contribution in [1.82, 2.24) is 4.98 Å². The number of benzene rings is 1. The molecule has 1 heterocycles. The van der Waals surface area contributed by atoms with Gasteiger partial charge in [-0.2, -0.15) is 0 Å². The number of aromatic nitrogens is 1. The monoisotopic (exact) mass is 176 g/mol. The standard InChI is InChI=1S/C10H9NO2/c12-10(13)5-7-6-11-9-4-2-1-3-8(7)9/h1-4,6,11H,5H2,(H,12,13)/i1D. The van der Waals surface area contributed by atoms with E-state index in [9.17, 15) is 4.79 Å². The first kappa shape index (κ1) is 6.71. The van der Waals surface area contributed by atoms with Crippen LogP contribution in [0.1, 0.15) is 6.93 Å². The zero-order chi connectivity index (χ0) is 10.1. The number of carboxylic acids is 1. The summed E-state index contributed by atoms with van der Waals surface area (Å²) in [6.45, 7) is 0. The predicted octanol–water partition coefficient (Wildman–Crippen LogP) is 1.79. The molecular weight excluding hydrogens is 166 g/mol. The van der Waals surface area contributed by atoms with E-state index in [0.717, 1.165) is 16.5 Å². The van der Waals surface area contributed by atoms with Crippen molar-refractivity contribution in [3.05, 3.63) is 36.0 Å². The summed E-state index contributed by atoms with van der Waals surface area (Å²) in [4.78, 5) is 13.5. The summed E-state index contributed by atoms with van der Waals surface area (Å²) in [5.74, 6) is -0.860. The maximum atomic E-state index is 10.5. The van der Waals surface area contributed by atoms with Crippen molar-refractivity contribution >= 4 is 16.9 Å². The smallest absolute Gasteiger partial charge is 0.307 e. The Hall–Kier alpha value is -1.77. The van der Waals surface area contributed by atoms with E-state index in [4.69, 9.17) is 6.48 Å². The second kappa shape index (κ2) is 2.94. The van der Waals surface area contributed by atoms with Crippen molar-refractivity contribution < 1.29 is 11.3 Å². The number of hydrogen-bond donors (Lipinski definition) is 2. The summed E-state index contributed by atoms with van der Waals surface area (Å²) in [5.41, 5.74) is 1.60. The Labute approximate surface area is 76.4 Å². The van der Waals surface area contributed by atoms with Gasteiger partial charge >= 0.3 is 5.97 Å². The molecular formula is C10H9NO2. The Kier molecular flexibility index (Phi) is 1.52. The molecule has 0 saturated carbocycles. The summed E-state index contributed by atoms with van der Waals surface area (Å²) >= 11 is 0. The number of H-pyrrole nitrogens is 1. The van der Waals surface area contributed by atoms with Crippen molar-refractivity contribution in [3.8, 4) is 0 Å². The van der Waals surface area contributed by atoms with Gasteiger partial charge in [0.1, 0.15) is 0 Å². The van der Waals surface area contributed by atoms with E-state index in [-0.39, 0.29) is 6.42 Å². The lowest BCUT2D eigenvalue weighted by molar-refractivity contribution is -0.136. The third kappa shape index (κ3) is 1.40. The molecule has 66 valence electrons. The van der Waals surface area contributed by atoms with Gasteiger partial charge < -0.3 is 10.1 Å². The van der Waals surface area contributed by atoms with Gasteiger partial charge in [0.2, 0.25) is 0 Å². The van der Waals surface area contributed by atoms with E-state index < -0.39 is 5.97 Å². The second-order valence-corrected chi connectivity index (χ2v) is 2.86. The molecule has 2 rings (SSSR count). The summed E-state index contributed by atoms with van der Waals surface area (Å²) in [6.07, 6.45) is 1.67. The molecule has 0 aliphatic heterocycles. The van der Waals surface area contributed by atoms with Gasteiger partial charge in [0.25, 0.3) is 0 Å². The topological polar surface area (TPSA) is 53.1 Å². The molecule has 2 N–H and O–H groups in total. The fraction of sp³-hybridized carbons (Fsp3) is 0.100. The Balaban J connectivity index is 2.55. The maximum Gasteiger partial charge on any atom is 0.307 e. The molecule has 1 aromatic carbocycles. The number of aliphatic carboxylic acids is 1. The fourth-order valence-electron chi connectivity index (χ4n) is 1.37. The maximum absolute atomic E-state index is 10.5. The number of nitrogens with one attached hydrogen (secondary N) is 1. The molecule has 0 saturated heterocycles. The molecule has 1 aromatic heterocycles. The van der Waals surface area contributed by atoms with Crippen molar-refractivity contribution in [2.75, 3.05) is 0 Å². The Morgan fingerprint density at radius 1 is 1.62 bits per heavy atom. The lowest BCUT2D eigenvalue weighted by Gasteiger charge is -1.92. The molecule has 2 aromatic rings. The Bertz CT molecular complexity index is 490. The molecule has 0 fully saturated rings. The van der Waals surface area contributed by atoms with E-state index in [0.29, 0.717) is 6.04 Å². The van der Waals surface area contributed by atoms with Gasteiger partial charge in [0, 0.05) is 17.1 Å². The highest BCUT2D eigenvalue weighted by Crippen LogP contribution is 2.17. The van der Waals surface area contributed by atoms with Crippen molar-refractivity contribution in [2.24, 2.45) is 0 Å². The van der Waals surface area contributed by atoms with Gasteiger partial charge in [-0.3, -0.25) is 4.79 Å². The van der Waals surface area contributed by atoms with Crippen LogP contribution in [0.2, 0.25) is 0 Å². The van der Waals surface area contributed by atoms with Crippen LogP contribution in [0.3, 0.4) is 0 Å². The Morgan fingerprint density at radius 3 is 3.23 bits per heavy atom. The number of carbonyl (C=O) groups is 1. The molecule has 0 aliphatic carbocycles. The lowest BCUT2D eigenvalue weighted by atomic mass is 10.1. The highest BCUT2D eigenvalue weighted by Gasteiger charge is 2.05. The van der Waals surface area contributed by atoms with Crippen LogP contribution in [0.25, 0.3) is 10.9 Å². The average molecular weight is 176 g/mol. The molecule has 3 heteroatoms. The van der Waals surface area contributed by atoms with E-state index >= 15 is 0 Å². The first-order valence-corrected chi connectivity index (χ1v) is 3.95. The summed E-state index contributed by atoms with van der Waals surface area (Å²) in [6, 6.07) is 5.51. The quantitative estimate of drug-likeness (QED) is 0.733. The van der Waals surface area contributed by atoms with Crippen LogP contribution in [-0.2, 0) is 11.2 Å². The lowest BCUT2D eigenvalue weighted by Crippen LogP contribution is -1.98. The second-order valence-electron chi connectivity index (χ2n) is 2.86. The molecule has 0 amide bonds. The molecule has 0 bridgehead atoms. The number of hydrogen-bond acceptors (Lipinski definition) is 1. The number of para-hydroxylation sites is 1. The number of fused-ring (bicyclic) bond motifs is 1. The predicted molar refractivity (Wildman–Crippen MR) is 49.6 cm³/mol. The van der Waals surface area contributed by atoms with Crippen LogP contribution >= 0.6 is 0 Å². The first-order valence-electron chi connectivity index (χ1n) is 4.45. The van der Waals surface area contributed by atoms with Gasteiger partial charge in [-0.05, 0) is 11.6 Å². The van der Waals surface area contributed by atoms with Gasteiger partial charge in [-0.15, -0.1) is 0 Å². The number of aromatic amines is 1. The minimum atomic E-state index is -0.860. The third-order valence-corrected chi connectivity index (χ3v) is 1.95. The minimum Gasteiger partial charge on any atom is -0.481 e. The molecule has 0 radical (unpaired) electrons. The van der Waals surface area contributed by atoms with E-state index in [2.05, 4.69) is 4.98 Å². The van der Waals surface area contributed by atoms with Crippen LogP contribution in [0.5, 0.6) is 0 Å². The highest BCUT2D eigenvalue weighted by molar-refractivity contribution is 5.86. The Morgan fingerprint density at radius 2 is 2.46 bits per heavy atom. The van der Waals surface area contributed by atoms with E-state index in [1.807, 2.05) is 0 Å². The van der Waals surface area contributed by atoms with Gasteiger partial charge in [-0.1, -0.05) is 18.2 Å². The molecule has 0 atom stereocenters. The number of carboxylic acid groups (broad SMARTS) is 1. The van der Waals surface area contributed by atoms with Crippen molar-refractivity contribution in [1.29, 1.82) is 0 Å². The minimum absolute atomic E-state index is 0.0105. The van der Waals surface area contributed by atoms with E-state index in [1.165, 1.54) is 0 Å². The zero-order valence-corrected chi connectivity index (χ0v) is 6.87. The first-order chi connectivity index (χ1) is 6.66. The normalized spacial score (nSPS) is 11.5. The molecule has 0 unspecified atom stereocenters. The zero-order valence-electron chi connectivity index (χ0n) is 7.87. The van der Waals surface area contributed by atoms with Crippen LogP contribution in [-0.4, -0.2) is 16.1 Å². The van der Waals surface area contributed by atoms with Gasteiger partial charge in [0.15, 0.2) is 0 Å².